The zero-order chi connectivity index (χ0) is 24.3. The number of methoxy groups -OCH3 is 1. The van der Waals surface area contributed by atoms with E-state index in [-0.39, 0.29) is 24.6 Å². The van der Waals surface area contributed by atoms with Crippen molar-refractivity contribution in [2.24, 2.45) is 0 Å². The summed E-state index contributed by atoms with van der Waals surface area (Å²) in [6.07, 6.45) is -10.1. The van der Waals surface area contributed by atoms with Crippen molar-refractivity contribution in [2.45, 2.75) is 31.2 Å². The highest BCUT2D eigenvalue weighted by atomic mass is 19.4. The number of halogens is 6. The number of hydrogen-bond acceptors (Lipinski definition) is 3. The van der Waals surface area contributed by atoms with Crippen LogP contribution in [0.1, 0.15) is 29.2 Å². The van der Waals surface area contributed by atoms with Gasteiger partial charge in [-0.1, -0.05) is 12.1 Å². The number of alkyl halides is 6. The lowest BCUT2D eigenvalue weighted by molar-refractivity contribution is -0.143. The van der Waals surface area contributed by atoms with Gasteiger partial charge in [-0.05, 0) is 68.9 Å². The molecular formula is C22H24F6N2O2. The average Bonchev–Trinajstić information content (AvgIpc) is 2.71. The number of likely N-dealkylation sites (N-methyl/N-ethyl adjacent to an activating group) is 1. The Hall–Kier alpha value is -2.75. The predicted octanol–water partition coefficient (Wildman–Crippen LogP) is 4.87. The normalized spacial score (nSPS) is 14.2. The molecule has 0 saturated carbocycles. The number of rotatable bonds is 7. The average molecular weight is 462 g/mol. The Balaban J connectivity index is 2.23. The van der Waals surface area contributed by atoms with Gasteiger partial charge in [-0.2, -0.15) is 26.3 Å². The maximum absolute atomic E-state index is 13.0. The second-order valence-electron chi connectivity index (χ2n) is 7.62. The van der Waals surface area contributed by atoms with E-state index in [0.717, 1.165) is 0 Å². The van der Waals surface area contributed by atoms with Crippen LogP contribution in [0.15, 0.2) is 42.5 Å². The summed E-state index contributed by atoms with van der Waals surface area (Å²) < 4.78 is 83.4. The molecule has 1 atom stereocenters. The van der Waals surface area contributed by atoms with Crippen LogP contribution in [0.25, 0.3) is 0 Å². The Morgan fingerprint density at radius 1 is 0.938 bits per heavy atom. The van der Waals surface area contributed by atoms with Crippen LogP contribution in [0.3, 0.4) is 0 Å². The number of ether oxygens (including phenoxy) is 1. The fraction of sp³-hybridized carbons (Fsp3) is 0.409. The second-order valence-corrected chi connectivity index (χ2v) is 7.62. The second kappa shape index (κ2) is 9.40. The van der Waals surface area contributed by atoms with E-state index in [4.69, 9.17) is 4.74 Å². The molecule has 1 amide bonds. The third kappa shape index (κ3) is 5.73. The van der Waals surface area contributed by atoms with Crippen LogP contribution >= 0.6 is 0 Å². The summed E-state index contributed by atoms with van der Waals surface area (Å²) in [7, 11) is 4.85. The molecule has 0 aliphatic rings. The summed E-state index contributed by atoms with van der Waals surface area (Å²) in [5.41, 5.74) is -3.50. The maximum atomic E-state index is 13.0. The molecule has 176 valence electrons. The minimum Gasteiger partial charge on any atom is -0.497 e. The summed E-state index contributed by atoms with van der Waals surface area (Å²) in [4.78, 5) is 14.7. The molecule has 1 unspecified atom stereocenters. The first-order valence-corrected chi connectivity index (χ1v) is 9.58. The minimum atomic E-state index is -4.92. The summed E-state index contributed by atoms with van der Waals surface area (Å²) in [6, 6.07) is 8.23. The molecule has 4 nitrogen and oxygen atoms in total. The number of carbonyl (C=O) groups excluding carboxylic acids is 1. The van der Waals surface area contributed by atoms with Crippen LogP contribution in [0, 0.1) is 0 Å². The van der Waals surface area contributed by atoms with Crippen LogP contribution in [0.4, 0.5) is 26.3 Å². The lowest BCUT2D eigenvalue weighted by atomic mass is 9.89. The molecule has 0 heterocycles. The van der Waals surface area contributed by atoms with Gasteiger partial charge in [-0.25, -0.2) is 0 Å². The zero-order valence-electron chi connectivity index (χ0n) is 18.0. The molecule has 10 heteroatoms. The molecule has 0 aliphatic heterocycles. The smallest absolute Gasteiger partial charge is 0.416 e. The molecule has 0 bridgehead atoms. The van der Waals surface area contributed by atoms with E-state index in [2.05, 4.69) is 5.32 Å². The maximum Gasteiger partial charge on any atom is 0.416 e. The molecule has 2 rings (SSSR count). The fourth-order valence-electron chi connectivity index (χ4n) is 3.17. The molecule has 1 N–H and O–H groups in total. The molecule has 0 aromatic heterocycles. The Morgan fingerprint density at radius 2 is 1.50 bits per heavy atom. The Morgan fingerprint density at radius 3 is 1.97 bits per heavy atom. The Bertz CT molecular complexity index is 924. The van der Waals surface area contributed by atoms with Crippen LogP contribution in [0.5, 0.6) is 5.75 Å². The van der Waals surface area contributed by atoms with Crippen molar-refractivity contribution in [2.75, 3.05) is 27.7 Å². The number of hydrogen-bond donors (Lipinski definition) is 1. The van der Waals surface area contributed by atoms with Gasteiger partial charge < -0.3 is 10.1 Å². The summed E-state index contributed by atoms with van der Waals surface area (Å²) in [6.45, 7) is 1.51. The Labute approximate surface area is 182 Å². The number of carbonyl (C=O) groups is 1. The first-order valence-electron chi connectivity index (χ1n) is 9.58. The molecule has 2 aromatic rings. The van der Waals surface area contributed by atoms with Crippen molar-refractivity contribution in [1.29, 1.82) is 0 Å². The van der Waals surface area contributed by atoms with E-state index in [9.17, 15) is 31.1 Å². The highest BCUT2D eigenvalue weighted by Gasteiger charge is 2.38. The van der Waals surface area contributed by atoms with Gasteiger partial charge >= 0.3 is 12.4 Å². The number of benzene rings is 2. The van der Waals surface area contributed by atoms with Gasteiger partial charge in [0, 0.05) is 6.54 Å². The van der Waals surface area contributed by atoms with E-state index >= 15 is 0 Å². The van der Waals surface area contributed by atoms with E-state index in [0.29, 0.717) is 23.4 Å². The molecular weight excluding hydrogens is 438 g/mol. The van der Waals surface area contributed by atoms with Crippen LogP contribution in [-0.2, 0) is 29.1 Å². The van der Waals surface area contributed by atoms with E-state index in [1.165, 1.54) is 7.11 Å². The predicted molar refractivity (Wildman–Crippen MR) is 107 cm³/mol. The molecule has 0 saturated heterocycles. The third-order valence-electron chi connectivity index (χ3n) is 5.32. The molecule has 2 aromatic carbocycles. The highest BCUT2D eigenvalue weighted by molar-refractivity contribution is 5.87. The highest BCUT2D eigenvalue weighted by Crippen LogP contribution is 2.36. The first-order chi connectivity index (χ1) is 14.7. The topological polar surface area (TPSA) is 41.6 Å². The molecule has 0 aliphatic carbocycles. The van der Waals surface area contributed by atoms with Gasteiger partial charge in [-0.15, -0.1) is 0 Å². The summed E-state index contributed by atoms with van der Waals surface area (Å²) >= 11 is 0. The van der Waals surface area contributed by atoms with E-state index < -0.39 is 34.9 Å². The van der Waals surface area contributed by atoms with Crippen LogP contribution in [0.2, 0.25) is 0 Å². The standard InChI is InChI=1S/C22H24F6N2O2/c1-20(30(2)3,15-6-5-7-18(13-15)32-4)19(31)29-9-8-14-10-16(21(23,24)25)12-17(11-14)22(26,27)28/h5-7,10-13H,8-9H2,1-4H3,(H,29,31). The molecule has 0 radical (unpaired) electrons. The van der Waals surface area contributed by atoms with Gasteiger partial charge in [0.05, 0.1) is 18.2 Å². The van der Waals surface area contributed by atoms with Gasteiger partial charge in [0.15, 0.2) is 0 Å². The van der Waals surface area contributed by atoms with Crippen molar-refractivity contribution < 1.29 is 35.9 Å². The monoisotopic (exact) mass is 462 g/mol. The van der Waals surface area contributed by atoms with Gasteiger partial charge in [0.1, 0.15) is 11.3 Å². The lowest BCUT2D eigenvalue weighted by Crippen LogP contribution is -2.51. The largest absolute Gasteiger partial charge is 0.497 e. The lowest BCUT2D eigenvalue weighted by Gasteiger charge is -2.35. The summed E-state index contributed by atoms with van der Waals surface area (Å²) in [5, 5.41) is 2.62. The van der Waals surface area contributed by atoms with Gasteiger partial charge in [-0.3, -0.25) is 9.69 Å². The molecule has 32 heavy (non-hydrogen) atoms. The SMILES string of the molecule is COc1cccc(C(C)(C(=O)NCCc2cc(C(F)(F)F)cc(C(F)(F)F)c2)N(C)C)c1. The minimum absolute atomic E-state index is 0.0774. The fourth-order valence-corrected chi connectivity index (χ4v) is 3.17. The summed E-state index contributed by atoms with van der Waals surface area (Å²) in [5.74, 6) is 0.0748. The van der Waals surface area contributed by atoms with Crippen LogP contribution < -0.4 is 10.1 Å². The van der Waals surface area contributed by atoms with E-state index in [1.54, 1.807) is 50.2 Å². The van der Waals surface area contributed by atoms with E-state index in [1.807, 2.05) is 0 Å². The van der Waals surface area contributed by atoms with Crippen molar-refractivity contribution >= 4 is 5.91 Å². The van der Waals surface area contributed by atoms with Crippen molar-refractivity contribution in [3.63, 3.8) is 0 Å². The van der Waals surface area contributed by atoms with Crippen LogP contribution in [-0.4, -0.2) is 38.6 Å². The van der Waals surface area contributed by atoms with Gasteiger partial charge in [0.2, 0.25) is 5.91 Å². The molecule has 0 spiro atoms. The zero-order valence-corrected chi connectivity index (χ0v) is 18.0. The Kier molecular flexibility index (Phi) is 7.49. The van der Waals surface area contributed by atoms with Gasteiger partial charge in [0.25, 0.3) is 0 Å². The van der Waals surface area contributed by atoms with Crippen molar-refractivity contribution in [3.8, 4) is 5.75 Å². The third-order valence-corrected chi connectivity index (χ3v) is 5.32. The number of nitrogens with one attached hydrogen (secondary N) is 1. The quantitative estimate of drug-likeness (QED) is 0.597. The number of amides is 1. The molecule has 0 fully saturated rings. The first kappa shape index (κ1) is 25.5. The van der Waals surface area contributed by atoms with Crippen molar-refractivity contribution in [1.82, 2.24) is 10.2 Å². The van der Waals surface area contributed by atoms with Crippen molar-refractivity contribution in [3.05, 3.63) is 64.7 Å². The number of nitrogens with zero attached hydrogens (tertiary/aromatic N) is 1.